The molecule has 2 saturated heterocycles. The summed E-state index contributed by atoms with van der Waals surface area (Å²) in [5, 5.41) is 0. The van der Waals surface area contributed by atoms with Crippen LogP contribution in [0, 0.1) is 23.7 Å². The number of hydrogen-bond acceptors (Lipinski definition) is 4. The molecule has 1 aliphatic carbocycles. The Labute approximate surface area is 127 Å². The monoisotopic (exact) mass is 296 g/mol. The maximum atomic E-state index is 12.4. The fraction of sp³-hybridized carbons (Fsp3) is 0.941. The van der Waals surface area contributed by atoms with Crippen LogP contribution in [0.2, 0.25) is 0 Å². The average Bonchev–Trinajstić information content (AvgIpc) is 3.31. The van der Waals surface area contributed by atoms with Gasteiger partial charge in [0.2, 0.25) is 0 Å². The zero-order valence-electron chi connectivity index (χ0n) is 13.6. The molecule has 0 radical (unpaired) electrons. The Morgan fingerprint density at radius 2 is 1.86 bits per heavy atom. The Balaban J connectivity index is 1.46. The van der Waals surface area contributed by atoms with Crippen LogP contribution in [-0.4, -0.2) is 37.0 Å². The second-order valence-electron chi connectivity index (χ2n) is 7.52. The van der Waals surface area contributed by atoms with Gasteiger partial charge in [0.25, 0.3) is 0 Å². The van der Waals surface area contributed by atoms with E-state index in [9.17, 15) is 4.79 Å². The quantitative estimate of drug-likeness (QED) is 0.558. The predicted octanol–water partition coefficient (Wildman–Crippen LogP) is 2.79. The van der Waals surface area contributed by atoms with Gasteiger partial charge in [0.05, 0.1) is 36.9 Å². The topological polar surface area (TPSA) is 51.4 Å². The summed E-state index contributed by atoms with van der Waals surface area (Å²) in [6.07, 6.45) is 4.33. The average molecular weight is 296 g/mol. The summed E-state index contributed by atoms with van der Waals surface area (Å²) in [4.78, 5) is 12.4. The van der Waals surface area contributed by atoms with E-state index >= 15 is 0 Å². The van der Waals surface area contributed by atoms with Crippen molar-refractivity contribution in [2.45, 2.75) is 71.4 Å². The van der Waals surface area contributed by atoms with Crippen LogP contribution < -0.4 is 0 Å². The van der Waals surface area contributed by atoms with E-state index in [1.807, 2.05) is 0 Å². The highest BCUT2D eigenvalue weighted by Gasteiger charge is 2.49. The normalized spacial score (nSPS) is 42.3. The fourth-order valence-corrected chi connectivity index (χ4v) is 3.54. The number of fused-ring (bicyclic) bond motifs is 1. The molecule has 0 aromatic carbocycles. The maximum absolute atomic E-state index is 12.4. The molecule has 1 saturated carbocycles. The predicted molar refractivity (Wildman–Crippen MR) is 78.8 cm³/mol. The molecular weight excluding hydrogens is 268 g/mol. The van der Waals surface area contributed by atoms with E-state index in [0.29, 0.717) is 48.8 Å². The van der Waals surface area contributed by atoms with Gasteiger partial charge in [-0.15, -0.1) is 0 Å². The molecule has 4 nitrogen and oxygen atoms in total. The molecule has 3 aliphatic rings. The first-order chi connectivity index (χ1) is 9.95. The third-order valence-corrected chi connectivity index (χ3v) is 5.52. The molecule has 0 aromatic rings. The minimum absolute atomic E-state index is 0.0214. The summed E-state index contributed by atoms with van der Waals surface area (Å²) in [7, 11) is 0. The van der Waals surface area contributed by atoms with E-state index in [-0.39, 0.29) is 11.9 Å². The Hall–Kier alpha value is -0.610. The fourth-order valence-electron chi connectivity index (χ4n) is 3.54. The van der Waals surface area contributed by atoms with E-state index in [1.165, 1.54) is 0 Å². The van der Waals surface area contributed by atoms with Crippen LogP contribution in [0.5, 0.6) is 0 Å². The number of hydrogen-bond donors (Lipinski definition) is 0. The Kier molecular flexibility index (Phi) is 4.28. The van der Waals surface area contributed by atoms with Crippen LogP contribution in [0.4, 0.5) is 0 Å². The highest BCUT2D eigenvalue weighted by molar-refractivity contribution is 5.73. The molecule has 0 bridgehead atoms. The molecule has 0 aromatic heterocycles. The van der Waals surface area contributed by atoms with Crippen molar-refractivity contribution < 1.29 is 19.0 Å². The van der Waals surface area contributed by atoms with Crippen LogP contribution in [-0.2, 0) is 19.0 Å². The van der Waals surface area contributed by atoms with Crippen LogP contribution in [0.25, 0.3) is 0 Å². The van der Waals surface area contributed by atoms with Gasteiger partial charge in [0, 0.05) is 0 Å². The molecule has 0 N–H and O–H groups in total. The van der Waals surface area contributed by atoms with Crippen molar-refractivity contribution in [2.75, 3.05) is 6.61 Å². The van der Waals surface area contributed by atoms with Crippen LogP contribution >= 0.6 is 0 Å². The summed E-state index contributed by atoms with van der Waals surface area (Å²) in [6, 6.07) is 0. The molecule has 4 heteroatoms. The Bertz CT molecular complexity index is 394. The first kappa shape index (κ1) is 15.3. The minimum Gasteiger partial charge on any atom is -0.465 e. The lowest BCUT2D eigenvalue weighted by Crippen LogP contribution is -2.32. The standard InChI is InChI=1S/C17H28O4/c1-9(2)12(6-14-11(4)20-14)8-19-17(18)13-7-16-15(21-16)5-10(13)3/h9-16H,5-8H2,1-4H3. The van der Waals surface area contributed by atoms with Crippen molar-refractivity contribution in [1.82, 2.24) is 0 Å². The van der Waals surface area contributed by atoms with Crippen molar-refractivity contribution in [1.29, 1.82) is 0 Å². The van der Waals surface area contributed by atoms with Crippen molar-refractivity contribution in [3.05, 3.63) is 0 Å². The summed E-state index contributed by atoms with van der Waals surface area (Å²) >= 11 is 0. The van der Waals surface area contributed by atoms with Crippen molar-refractivity contribution in [3.63, 3.8) is 0 Å². The summed E-state index contributed by atoms with van der Waals surface area (Å²) in [6.45, 7) is 9.16. The molecule has 3 fully saturated rings. The molecular formula is C17H28O4. The summed E-state index contributed by atoms with van der Waals surface area (Å²) < 4.78 is 16.7. The van der Waals surface area contributed by atoms with Gasteiger partial charge in [0.15, 0.2) is 0 Å². The Morgan fingerprint density at radius 3 is 2.48 bits per heavy atom. The lowest BCUT2D eigenvalue weighted by atomic mass is 9.80. The zero-order valence-corrected chi connectivity index (χ0v) is 13.6. The molecule has 0 amide bonds. The zero-order chi connectivity index (χ0) is 15.1. The first-order valence-corrected chi connectivity index (χ1v) is 8.43. The molecule has 0 spiro atoms. The number of ether oxygens (including phenoxy) is 3. The molecule has 7 atom stereocenters. The van der Waals surface area contributed by atoms with E-state index in [2.05, 4.69) is 27.7 Å². The lowest BCUT2D eigenvalue weighted by molar-refractivity contribution is -0.153. The number of carbonyl (C=O) groups excluding carboxylic acids is 1. The van der Waals surface area contributed by atoms with Gasteiger partial charge in [-0.25, -0.2) is 0 Å². The molecule has 120 valence electrons. The number of rotatable bonds is 6. The van der Waals surface area contributed by atoms with E-state index < -0.39 is 0 Å². The smallest absolute Gasteiger partial charge is 0.309 e. The largest absolute Gasteiger partial charge is 0.465 e. The van der Waals surface area contributed by atoms with Gasteiger partial charge >= 0.3 is 5.97 Å². The molecule has 2 heterocycles. The van der Waals surface area contributed by atoms with Crippen molar-refractivity contribution in [3.8, 4) is 0 Å². The second-order valence-corrected chi connectivity index (χ2v) is 7.52. The number of esters is 1. The van der Waals surface area contributed by atoms with E-state index in [0.717, 1.165) is 19.3 Å². The van der Waals surface area contributed by atoms with Gasteiger partial charge in [0.1, 0.15) is 0 Å². The van der Waals surface area contributed by atoms with Crippen LogP contribution in [0.1, 0.15) is 47.0 Å². The maximum Gasteiger partial charge on any atom is 0.309 e. The van der Waals surface area contributed by atoms with Crippen LogP contribution in [0.15, 0.2) is 0 Å². The van der Waals surface area contributed by atoms with Gasteiger partial charge < -0.3 is 14.2 Å². The Morgan fingerprint density at radius 1 is 1.19 bits per heavy atom. The highest BCUT2D eigenvalue weighted by Crippen LogP contribution is 2.43. The third-order valence-electron chi connectivity index (χ3n) is 5.52. The van der Waals surface area contributed by atoms with Crippen molar-refractivity contribution in [2.24, 2.45) is 23.7 Å². The molecule has 2 aliphatic heterocycles. The first-order valence-electron chi connectivity index (χ1n) is 8.43. The van der Waals surface area contributed by atoms with Gasteiger partial charge in [-0.05, 0) is 43.9 Å². The highest BCUT2D eigenvalue weighted by atomic mass is 16.6. The summed E-state index contributed by atoms with van der Waals surface area (Å²) in [5.41, 5.74) is 0. The molecule has 21 heavy (non-hydrogen) atoms. The molecule has 3 rings (SSSR count). The second kappa shape index (κ2) is 5.88. The number of carbonyl (C=O) groups is 1. The molecule has 7 unspecified atom stereocenters. The summed E-state index contributed by atoms with van der Waals surface area (Å²) in [5.74, 6) is 1.29. The van der Waals surface area contributed by atoms with Crippen molar-refractivity contribution >= 4 is 5.97 Å². The van der Waals surface area contributed by atoms with E-state index in [4.69, 9.17) is 14.2 Å². The van der Waals surface area contributed by atoms with Gasteiger partial charge in [-0.3, -0.25) is 4.79 Å². The minimum atomic E-state index is -0.0214. The van der Waals surface area contributed by atoms with Gasteiger partial charge in [-0.2, -0.15) is 0 Å². The van der Waals surface area contributed by atoms with E-state index in [1.54, 1.807) is 0 Å². The lowest BCUT2D eigenvalue weighted by Gasteiger charge is -2.26. The third kappa shape index (κ3) is 3.59. The SMILES string of the molecule is CC(C)C(COC(=O)C1CC2OC2CC1C)CC1OC1C. The van der Waals surface area contributed by atoms with Gasteiger partial charge in [-0.1, -0.05) is 20.8 Å². The number of epoxide rings is 2. The van der Waals surface area contributed by atoms with Crippen LogP contribution in [0.3, 0.4) is 0 Å².